The highest BCUT2D eigenvalue weighted by atomic mass is 19.1. The van der Waals surface area contributed by atoms with E-state index < -0.39 is 0 Å². The highest BCUT2D eigenvalue weighted by molar-refractivity contribution is 5.43. The summed E-state index contributed by atoms with van der Waals surface area (Å²) in [5.74, 6) is -0.304. The standard InChI is InChI=1S/C16H16FN2/c1-16(2,3)13-7-12(10-18)8-15(9-13)19-6-4-5-14(17)11-19/h4-9,11H,1-3H3/q+1. The molecule has 1 heterocycles. The van der Waals surface area contributed by atoms with Crippen LogP contribution in [-0.2, 0) is 5.41 Å². The van der Waals surface area contributed by atoms with Crippen LogP contribution in [0, 0.1) is 17.1 Å². The maximum atomic E-state index is 13.3. The number of hydrogen-bond donors (Lipinski definition) is 0. The van der Waals surface area contributed by atoms with E-state index >= 15 is 0 Å². The average molecular weight is 255 g/mol. The molecular weight excluding hydrogens is 239 g/mol. The van der Waals surface area contributed by atoms with E-state index in [1.807, 2.05) is 12.1 Å². The summed E-state index contributed by atoms with van der Waals surface area (Å²) in [6.45, 7) is 6.26. The van der Waals surface area contributed by atoms with Crippen LogP contribution in [0.4, 0.5) is 4.39 Å². The Morgan fingerprint density at radius 3 is 2.53 bits per heavy atom. The second-order valence-corrected chi connectivity index (χ2v) is 5.56. The van der Waals surface area contributed by atoms with Crippen molar-refractivity contribution in [1.29, 1.82) is 5.26 Å². The summed E-state index contributed by atoms with van der Waals surface area (Å²) in [7, 11) is 0. The molecule has 3 heteroatoms. The van der Waals surface area contributed by atoms with Gasteiger partial charge < -0.3 is 0 Å². The van der Waals surface area contributed by atoms with Gasteiger partial charge in [0, 0.05) is 18.2 Å². The first-order valence-corrected chi connectivity index (χ1v) is 6.13. The van der Waals surface area contributed by atoms with E-state index in [2.05, 4.69) is 26.8 Å². The van der Waals surface area contributed by atoms with Gasteiger partial charge in [-0.15, -0.1) is 0 Å². The van der Waals surface area contributed by atoms with Gasteiger partial charge in [-0.25, -0.2) is 4.39 Å². The first-order valence-electron chi connectivity index (χ1n) is 6.13. The molecule has 0 atom stereocenters. The molecule has 2 nitrogen and oxygen atoms in total. The van der Waals surface area contributed by atoms with Crippen molar-refractivity contribution in [3.8, 4) is 11.8 Å². The molecule has 0 aliphatic rings. The van der Waals surface area contributed by atoms with Crippen LogP contribution in [0.5, 0.6) is 0 Å². The Balaban J connectivity index is 2.61. The monoisotopic (exact) mass is 255 g/mol. The molecule has 96 valence electrons. The molecule has 0 radical (unpaired) electrons. The van der Waals surface area contributed by atoms with Crippen LogP contribution in [0.25, 0.3) is 5.69 Å². The molecule has 0 N–H and O–H groups in total. The van der Waals surface area contributed by atoms with Gasteiger partial charge in [0.1, 0.15) is 0 Å². The molecule has 0 unspecified atom stereocenters. The van der Waals surface area contributed by atoms with Gasteiger partial charge in [0.25, 0.3) is 0 Å². The first kappa shape index (κ1) is 13.2. The molecule has 0 aliphatic heterocycles. The molecule has 1 aromatic carbocycles. The Labute approximate surface area is 112 Å². The summed E-state index contributed by atoms with van der Waals surface area (Å²) in [4.78, 5) is 0. The molecule has 19 heavy (non-hydrogen) atoms. The largest absolute Gasteiger partial charge is 0.212 e. The van der Waals surface area contributed by atoms with E-state index in [-0.39, 0.29) is 11.2 Å². The minimum absolute atomic E-state index is 0.0600. The van der Waals surface area contributed by atoms with Crippen molar-refractivity contribution in [2.24, 2.45) is 0 Å². The Morgan fingerprint density at radius 1 is 1.21 bits per heavy atom. The lowest BCUT2D eigenvalue weighted by molar-refractivity contribution is -0.597. The van der Waals surface area contributed by atoms with Gasteiger partial charge in [-0.05, 0) is 23.1 Å². The quantitative estimate of drug-likeness (QED) is 0.719. The Hall–Kier alpha value is -2.21. The van der Waals surface area contributed by atoms with Crippen molar-refractivity contribution < 1.29 is 8.96 Å². The predicted molar refractivity (Wildman–Crippen MR) is 71.3 cm³/mol. The topological polar surface area (TPSA) is 27.7 Å². The molecule has 0 fully saturated rings. The molecule has 0 spiro atoms. The molecule has 0 saturated carbocycles. The van der Waals surface area contributed by atoms with E-state index in [0.717, 1.165) is 11.3 Å². The number of pyridine rings is 1. The summed E-state index contributed by atoms with van der Waals surface area (Å²) in [6.07, 6.45) is 3.18. The molecule has 0 aliphatic carbocycles. The Kier molecular flexibility index (Phi) is 3.35. The third kappa shape index (κ3) is 2.97. The molecule has 2 rings (SSSR count). The van der Waals surface area contributed by atoms with Gasteiger partial charge in [0.2, 0.25) is 11.9 Å². The van der Waals surface area contributed by atoms with Crippen LogP contribution in [0.2, 0.25) is 0 Å². The third-order valence-electron chi connectivity index (χ3n) is 2.98. The maximum absolute atomic E-state index is 13.3. The van der Waals surface area contributed by atoms with E-state index in [1.165, 1.54) is 12.3 Å². The van der Waals surface area contributed by atoms with Gasteiger partial charge in [0.05, 0.1) is 11.6 Å². The number of benzene rings is 1. The number of nitriles is 1. The summed E-state index contributed by atoms with van der Waals surface area (Å²) >= 11 is 0. The van der Waals surface area contributed by atoms with Crippen LogP contribution in [0.1, 0.15) is 31.9 Å². The van der Waals surface area contributed by atoms with E-state index in [1.54, 1.807) is 22.9 Å². The summed E-state index contributed by atoms with van der Waals surface area (Å²) in [5, 5.41) is 9.12. The van der Waals surface area contributed by atoms with Crippen molar-refractivity contribution >= 4 is 0 Å². The van der Waals surface area contributed by atoms with Crippen molar-refractivity contribution in [1.82, 2.24) is 0 Å². The van der Waals surface area contributed by atoms with Gasteiger partial charge in [-0.1, -0.05) is 20.8 Å². The number of nitrogens with zero attached hydrogens (tertiary/aromatic N) is 2. The zero-order valence-electron chi connectivity index (χ0n) is 11.3. The average Bonchev–Trinajstić information content (AvgIpc) is 2.37. The lowest BCUT2D eigenvalue weighted by Gasteiger charge is -2.19. The second kappa shape index (κ2) is 4.81. The van der Waals surface area contributed by atoms with Crippen molar-refractivity contribution in [2.45, 2.75) is 26.2 Å². The highest BCUT2D eigenvalue weighted by Gasteiger charge is 2.18. The number of aromatic nitrogens is 1. The maximum Gasteiger partial charge on any atom is 0.212 e. The van der Waals surface area contributed by atoms with E-state index in [9.17, 15) is 4.39 Å². The van der Waals surface area contributed by atoms with Crippen LogP contribution in [-0.4, -0.2) is 0 Å². The third-order valence-corrected chi connectivity index (χ3v) is 2.98. The molecule has 2 aromatic rings. The van der Waals surface area contributed by atoms with Crippen LogP contribution >= 0.6 is 0 Å². The lowest BCUT2D eigenvalue weighted by atomic mass is 9.86. The Morgan fingerprint density at radius 2 is 1.95 bits per heavy atom. The number of hydrogen-bond acceptors (Lipinski definition) is 1. The molecule has 0 saturated heterocycles. The molecular formula is C16H16FN2+. The summed E-state index contributed by atoms with van der Waals surface area (Å²) in [5.41, 5.74) is 2.37. The Bertz CT molecular complexity index is 649. The number of rotatable bonds is 1. The number of halogens is 1. The minimum atomic E-state index is -0.304. The fourth-order valence-corrected chi connectivity index (χ4v) is 1.87. The predicted octanol–water partition coefficient (Wildman–Crippen LogP) is 3.27. The van der Waals surface area contributed by atoms with Crippen molar-refractivity contribution in [3.05, 3.63) is 59.7 Å². The van der Waals surface area contributed by atoms with Gasteiger partial charge in [0.15, 0.2) is 12.0 Å². The normalized spacial score (nSPS) is 11.1. The molecule has 0 bridgehead atoms. The van der Waals surface area contributed by atoms with Crippen LogP contribution in [0.3, 0.4) is 0 Å². The fraction of sp³-hybridized carbons (Fsp3) is 0.250. The van der Waals surface area contributed by atoms with Crippen molar-refractivity contribution in [2.75, 3.05) is 0 Å². The smallest absolute Gasteiger partial charge is 0.200 e. The van der Waals surface area contributed by atoms with Crippen LogP contribution < -0.4 is 4.57 Å². The zero-order chi connectivity index (χ0) is 14.0. The van der Waals surface area contributed by atoms with Crippen LogP contribution in [0.15, 0.2) is 42.7 Å². The van der Waals surface area contributed by atoms with Gasteiger partial charge in [-0.3, -0.25) is 0 Å². The van der Waals surface area contributed by atoms with Gasteiger partial charge >= 0.3 is 0 Å². The molecule has 1 aromatic heterocycles. The second-order valence-electron chi connectivity index (χ2n) is 5.56. The lowest BCUT2D eigenvalue weighted by Crippen LogP contribution is -2.30. The molecule has 0 amide bonds. The highest BCUT2D eigenvalue weighted by Crippen LogP contribution is 2.24. The zero-order valence-corrected chi connectivity index (χ0v) is 11.3. The van der Waals surface area contributed by atoms with E-state index in [0.29, 0.717) is 5.56 Å². The summed E-state index contributed by atoms with van der Waals surface area (Å²) in [6, 6.07) is 10.8. The summed E-state index contributed by atoms with van der Waals surface area (Å²) < 4.78 is 15.0. The minimum Gasteiger partial charge on any atom is -0.200 e. The SMILES string of the molecule is CC(C)(C)c1cc(C#N)cc(-[n+]2cccc(F)c2)c1. The fourth-order valence-electron chi connectivity index (χ4n) is 1.87. The van der Waals surface area contributed by atoms with Crippen molar-refractivity contribution in [3.63, 3.8) is 0 Å². The van der Waals surface area contributed by atoms with Gasteiger partial charge in [-0.2, -0.15) is 9.83 Å². The van der Waals surface area contributed by atoms with E-state index in [4.69, 9.17) is 5.26 Å². The first-order chi connectivity index (χ1) is 8.90.